The van der Waals surface area contributed by atoms with Crippen molar-refractivity contribution in [2.75, 3.05) is 39.8 Å². The monoisotopic (exact) mass is 434 g/mol. The number of methoxy groups -OCH3 is 1. The van der Waals surface area contributed by atoms with Crippen molar-refractivity contribution in [1.82, 2.24) is 9.80 Å². The first kappa shape index (κ1) is 21.6. The van der Waals surface area contributed by atoms with Gasteiger partial charge in [-0.15, -0.1) is 12.4 Å². The van der Waals surface area contributed by atoms with Gasteiger partial charge in [0.15, 0.2) is 5.78 Å². The van der Waals surface area contributed by atoms with Crippen LogP contribution in [0.3, 0.4) is 0 Å². The number of piperazine rings is 1. The Balaban J connectivity index is 0.00000231. The van der Waals surface area contributed by atoms with E-state index in [1.807, 2.05) is 24.3 Å². The fraction of sp³-hybridized carbons (Fsp3) is 0.269. The van der Waals surface area contributed by atoms with Gasteiger partial charge in [0.25, 0.3) is 0 Å². The molecule has 31 heavy (non-hydrogen) atoms. The number of nitrogens with zero attached hydrogens (tertiary/aromatic N) is 2. The predicted molar refractivity (Wildman–Crippen MR) is 126 cm³/mol. The molecule has 1 saturated heterocycles. The summed E-state index contributed by atoms with van der Waals surface area (Å²) in [7, 11) is 1.61. The zero-order valence-electron chi connectivity index (χ0n) is 17.7. The Labute approximate surface area is 189 Å². The molecule has 4 nitrogen and oxygen atoms in total. The summed E-state index contributed by atoms with van der Waals surface area (Å²) in [5, 5.41) is 0. The Morgan fingerprint density at radius 1 is 0.839 bits per heavy atom. The Hall–Kier alpha value is -2.66. The summed E-state index contributed by atoms with van der Waals surface area (Å²) in [5.41, 5.74) is 6.18. The molecule has 3 aromatic carbocycles. The van der Waals surface area contributed by atoms with E-state index in [0.29, 0.717) is 23.9 Å². The molecule has 5 rings (SSSR count). The van der Waals surface area contributed by atoms with E-state index in [0.717, 1.165) is 26.2 Å². The smallest absolute Gasteiger partial charge is 0.180 e. The maximum atomic E-state index is 12.8. The molecule has 160 valence electrons. The van der Waals surface area contributed by atoms with Crippen LogP contribution in [0.15, 0.2) is 72.8 Å². The van der Waals surface area contributed by atoms with Crippen LogP contribution in [0.4, 0.5) is 0 Å². The summed E-state index contributed by atoms with van der Waals surface area (Å²) in [6.07, 6.45) is 0. The molecule has 1 aliphatic heterocycles. The number of hydrogen-bond donors (Lipinski definition) is 0. The number of para-hydroxylation sites is 1. The number of ketones is 1. The van der Waals surface area contributed by atoms with Gasteiger partial charge >= 0.3 is 0 Å². The lowest BCUT2D eigenvalue weighted by Crippen LogP contribution is -2.48. The van der Waals surface area contributed by atoms with Crippen LogP contribution in [0.5, 0.6) is 5.75 Å². The van der Waals surface area contributed by atoms with Crippen LogP contribution in [0, 0.1) is 0 Å². The summed E-state index contributed by atoms with van der Waals surface area (Å²) in [6, 6.07) is 25.3. The van der Waals surface area contributed by atoms with Crippen molar-refractivity contribution in [3.8, 4) is 16.9 Å². The normalized spacial score (nSPS) is 16.3. The molecule has 5 heteroatoms. The Morgan fingerprint density at radius 3 is 2.00 bits per heavy atom. The number of hydrogen-bond acceptors (Lipinski definition) is 4. The molecule has 1 heterocycles. The number of fused-ring (bicyclic) bond motifs is 3. The third-order valence-corrected chi connectivity index (χ3v) is 6.35. The van der Waals surface area contributed by atoms with Gasteiger partial charge in [0, 0.05) is 26.2 Å². The highest BCUT2D eigenvalue weighted by atomic mass is 35.5. The van der Waals surface area contributed by atoms with Gasteiger partial charge in [-0.25, -0.2) is 0 Å². The fourth-order valence-corrected chi connectivity index (χ4v) is 4.87. The average Bonchev–Trinajstić information content (AvgIpc) is 3.14. The van der Waals surface area contributed by atoms with Crippen LogP contribution in [0.2, 0.25) is 0 Å². The van der Waals surface area contributed by atoms with E-state index in [1.54, 1.807) is 7.11 Å². The second kappa shape index (κ2) is 9.23. The van der Waals surface area contributed by atoms with E-state index >= 15 is 0 Å². The molecule has 3 aromatic rings. The van der Waals surface area contributed by atoms with Crippen LogP contribution in [0.25, 0.3) is 11.1 Å². The van der Waals surface area contributed by atoms with Crippen LogP contribution in [-0.2, 0) is 0 Å². The third kappa shape index (κ3) is 3.99. The Bertz CT molecular complexity index is 1030. The molecule has 0 radical (unpaired) electrons. The van der Waals surface area contributed by atoms with E-state index in [4.69, 9.17) is 4.74 Å². The Morgan fingerprint density at radius 2 is 1.39 bits per heavy atom. The highest BCUT2D eigenvalue weighted by Crippen LogP contribution is 2.46. The van der Waals surface area contributed by atoms with Crippen molar-refractivity contribution in [1.29, 1.82) is 0 Å². The third-order valence-electron chi connectivity index (χ3n) is 6.35. The Kier molecular flexibility index (Phi) is 6.42. The first-order valence-corrected chi connectivity index (χ1v) is 10.6. The molecule has 0 N–H and O–H groups in total. The van der Waals surface area contributed by atoms with Gasteiger partial charge in [0.1, 0.15) is 5.75 Å². The standard InChI is InChI=1S/C26H26N2O2.ClH/c1-30-25-13-7-6-12-23(25)24(29)18-27-14-16-28(17-15-27)26-21-10-4-2-8-19(21)20-9-3-5-11-22(20)26;/h2-13,26H,14-18H2,1H3;1H. The molecule has 0 amide bonds. The van der Waals surface area contributed by atoms with Gasteiger partial charge in [0.2, 0.25) is 0 Å². The topological polar surface area (TPSA) is 32.8 Å². The van der Waals surface area contributed by atoms with Crippen molar-refractivity contribution < 1.29 is 9.53 Å². The van der Waals surface area contributed by atoms with E-state index < -0.39 is 0 Å². The lowest BCUT2D eigenvalue weighted by molar-refractivity contribution is 0.0809. The highest BCUT2D eigenvalue weighted by molar-refractivity contribution is 6.00. The quantitative estimate of drug-likeness (QED) is 0.545. The van der Waals surface area contributed by atoms with Gasteiger partial charge < -0.3 is 4.74 Å². The van der Waals surface area contributed by atoms with Gasteiger partial charge in [-0.1, -0.05) is 60.7 Å². The minimum atomic E-state index is 0. The number of Topliss-reactive ketones (excluding diaryl/α,β-unsaturated/α-hetero) is 1. The van der Waals surface area contributed by atoms with E-state index in [-0.39, 0.29) is 18.2 Å². The van der Waals surface area contributed by atoms with Crippen LogP contribution < -0.4 is 4.74 Å². The second-order valence-corrected chi connectivity index (χ2v) is 8.01. The predicted octanol–water partition coefficient (Wildman–Crippen LogP) is 4.69. The molecule has 0 bridgehead atoms. The molecule has 0 saturated carbocycles. The summed E-state index contributed by atoms with van der Waals surface area (Å²) >= 11 is 0. The van der Waals surface area contributed by atoms with E-state index in [1.165, 1.54) is 22.3 Å². The number of ether oxygens (including phenoxy) is 1. The van der Waals surface area contributed by atoms with E-state index in [9.17, 15) is 4.79 Å². The molecule has 0 aromatic heterocycles. The molecule has 0 unspecified atom stereocenters. The zero-order valence-corrected chi connectivity index (χ0v) is 18.5. The molecule has 1 aliphatic carbocycles. The first-order chi connectivity index (χ1) is 14.8. The SMILES string of the molecule is COc1ccccc1C(=O)CN1CCN(C2c3ccccc3-c3ccccc32)CC1.Cl. The van der Waals surface area contributed by atoms with Crippen LogP contribution in [-0.4, -0.2) is 55.4 Å². The highest BCUT2D eigenvalue weighted by Gasteiger charge is 2.34. The van der Waals surface area contributed by atoms with Crippen LogP contribution >= 0.6 is 12.4 Å². The minimum absolute atomic E-state index is 0. The summed E-state index contributed by atoms with van der Waals surface area (Å²) in [6.45, 7) is 4.12. The van der Waals surface area contributed by atoms with Crippen molar-refractivity contribution in [2.24, 2.45) is 0 Å². The lowest BCUT2D eigenvalue weighted by atomic mass is 10.0. The van der Waals surface area contributed by atoms with Gasteiger partial charge in [0.05, 0.1) is 25.3 Å². The number of benzene rings is 3. The summed E-state index contributed by atoms with van der Waals surface area (Å²) in [5.74, 6) is 0.776. The average molecular weight is 435 g/mol. The number of halogens is 1. The first-order valence-electron chi connectivity index (χ1n) is 10.6. The molecule has 0 atom stereocenters. The maximum absolute atomic E-state index is 12.8. The summed E-state index contributed by atoms with van der Waals surface area (Å²) in [4.78, 5) is 17.6. The fourth-order valence-electron chi connectivity index (χ4n) is 4.87. The molecular formula is C26H27ClN2O2. The number of rotatable bonds is 5. The minimum Gasteiger partial charge on any atom is -0.496 e. The molecule has 0 spiro atoms. The molecule has 2 aliphatic rings. The molecular weight excluding hydrogens is 408 g/mol. The zero-order chi connectivity index (χ0) is 20.5. The van der Waals surface area contributed by atoms with Crippen molar-refractivity contribution in [2.45, 2.75) is 6.04 Å². The maximum Gasteiger partial charge on any atom is 0.180 e. The van der Waals surface area contributed by atoms with Crippen molar-refractivity contribution >= 4 is 18.2 Å². The molecule has 1 fully saturated rings. The van der Waals surface area contributed by atoms with Crippen molar-refractivity contribution in [3.05, 3.63) is 89.5 Å². The lowest BCUT2D eigenvalue weighted by Gasteiger charge is -2.38. The summed E-state index contributed by atoms with van der Waals surface area (Å²) < 4.78 is 5.36. The van der Waals surface area contributed by atoms with Crippen LogP contribution in [0.1, 0.15) is 27.5 Å². The van der Waals surface area contributed by atoms with E-state index in [2.05, 4.69) is 58.3 Å². The largest absolute Gasteiger partial charge is 0.496 e. The van der Waals surface area contributed by atoms with Crippen molar-refractivity contribution in [3.63, 3.8) is 0 Å². The van der Waals surface area contributed by atoms with Gasteiger partial charge in [-0.2, -0.15) is 0 Å². The van der Waals surface area contributed by atoms with Gasteiger partial charge in [-0.3, -0.25) is 14.6 Å². The van der Waals surface area contributed by atoms with Gasteiger partial charge in [-0.05, 0) is 34.4 Å². The second-order valence-electron chi connectivity index (χ2n) is 8.01. The number of carbonyl (C=O) groups is 1. The number of carbonyl (C=O) groups excluding carboxylic acids is 1.